The second kappa shape index (κ2) is 8.64. The van der Waals surface area contributed by atoms with Crippen molar-refractivity contribution in [3.63, 3.8) is 0 Å². The molecule has 0 saturated heterocycles. The van der Waals surface area contributed by atoms with E-state index >= 15 is 0 Å². The molecule has 1 heterocycles. The lowest BCUT2D eigenvalue weighted by molar-refractivity contribution is -0.948. The third-order valence-electron chi connectivity index (χ3n) is 6.27. The summed E-state index contributed by atoms with van der Waals surface area (Å²) in [4.78, 5) is 13.8. The number of quaternary nitrogens is 1. The fourth-order valence-electron chi connectivity index (χ4n) is 4.61. The molecule has 1 saturated carbocycles. The molecule has 30 heavy (non-hydrogen) atoms. The summed E-state index contributed by atoms with van der Waals surface area (Å²) in [6.45, 7) is 3.66. The van der Waals surface area contributed by atoms with Gasteiger partial charge in [0.05, 0.1) is 26.8 Å². The number of carbonyl (C=O) groups is 1. The average Bonchev–Trinajstić information content (AvgIpc) is 3.58. The Balaban J connectivity index is 1.68. The topological polar surface area (TPSA) is 52.0 Å². The molecule has 1 amide bonds. The fourth-order valence-corrected chi connectivity index (χ4v) is 4.61. The van der Waals surface area contributed by atoms with Gasteiger partial charge in [-0.3, -0.25) is 4.79 Å². The van der Waals surface area contributed by atoms with Gasteiger partial charge in [0, 0.05) is 23.5 Å². The minimum absolute atomic E-state index is 0.0412. The van der Waals surface area contributed by atoms with E-state index in [9.17, 15) is 9.18 Å². The first-order valence-corrected chi connectivity index (χ1v) is 10.6. The molecule has 1 unspecified atom stereocenters. The maximum absolute atomic E-state index is 13.8. The molecule has 6 heteroatoms. The molecule has 0 radical (unpaired) electrons. The number of fused-ring (bicyclic) bond motifs is 1. The molecular formula is C24H30FN2O3+. The Morgan fingerprint density at radius 3 is 2.60 bits per heavy atom. The maximum Gasteiger partial charge on any atom is 0.223 e. The molecule has 2 aromatic rings. The van der Waals surface area contributed by atoms with Gasteiger partial charge in [-0.25, -0.2) is 4.39 Å². The number of amides is 1. The molecule has 0 bridgehead atoms. The molecule has 2 aliphatic rings. The second-order valence-electron chi connectivity index (χ2n) is 8.42. The van der Waals surface area contributed by atoms with E-state index < -0.39 is 0 Å². The van der Waals surface area contributed by atoms with Gasteiger partial charge in [0.2, 0.25) is 5.91 Å². The van der Waals surface area contributed by atoms with Gasteiger partial charge in [-0.05, 0) is 49.6 Å². The van der Waals surface area contributed by atoms with Crippen LogP contribution < -0.4 is 19.7 Å². The highest BCUT2D eigenvalue weighted by Crippen LogP contribution is 2.35. The van der Waals surface area contributed by atoms with E-state index in [0.29, 0.717) is 12.3 Å². The number of hydrogen-bond donors (Lipinski definition) is 2. The van der Waals surface area contributed by atoms with Crippen molar-refractivity contribution >= 4 is 5.91 Å². The highest BCUT2D eigenvalue weighted by Gasteiger charge is 2.39. The van der Waals surface area contributed by atoms with Gasteiger partial charge in [-0.15, -0.1) is 0 Å². The molecule has 5 nitrogen and oxygen atoms in total. The standard InChI is InChI=1S/C24H29FN2O3/c1-15(26-24(28)17-7-8-17)23-20-13-22(30-3)21(29-2)12-18(20)9-10-27(23)14-16-5-4-6-19(25)11-16/h4-6,11-13,15,17,23H,7-10,14H2,1-3H3,(H,26,28)/p+1/t15-,23-/m0/s1. The van der Waals surface area contributed by atoms with Crippen molar-refractivity contribution in [3.05, 3.63) is 58.9 Å². The number of rotatable bonds is 7. The van der Waals surface area contributed by atoms with E-state index in [0.717, 1.165) is 42.7 Å². The lowest BCUT2D eigenvalue weighted by atomic mass is 9.87. The normalized spacial score (nSPS) is 21.5. The molecule has 4 rings (SSSR count). The van der Waals surface area contributed by atoms with Crippen LogP contribution >= 0.6 is 0 Å². The molecule has 2 N–H and O–H groups in total. The molecule has 0 aromatic heterocycles. The molecule has 0 spiro atoms. The van der Waals surface area contributed by atoms with E-state index in [-0.39, 0.29) is 29.7 Å². The Morgan fingerprint density at radius 1 is 1.20 bits per heavy atom. The summed E-state index contributed by atoms with van der Waals surface area (Å²) < 4.78 is 24.8. The van der Waals surface area contributed by atoms with Gasteiger partial charge >= 0.3 is 0 Å². The zero-order valence-electron chi connectivity index (χ0n) is 17.8. The van der Waals surface area contributed by atoms with Crippen molar-refractivity contribution in [2.24, 2.45) is 5.92 Å². The monoisotopic (exact) mass is 413 g/mol. The van der Waals surface area contributed by atoms with E-state index in [1.807, 2.05) is 12.1 Å². The highest BCUT2D eigenvalue weighted by molar-refractivity contribution is 5.81. The van der Waals surface area contributed by atoms with E-state index in [4.69, 9.17) is 9.47 Å². The van der Waals surface area contributed by atoms with Crippen LogP contribution in [0.2, 0.25) is 0 Å². The van der Waals surface area contributed by atoms with Gasteiger partial charge in [0.1, 0.15) is 18.4 Å². The van der Waals surface area contributed by atoms with Crippen LogP contribution in [-0.4, -0.2) is 32.7 Å². The van der Waals surface area contributed by atoms with Crippen LogP contribution in [0.5, 0.6) is 11.5 Å². The van der Waals surface area contributed by atoms with Gasteiger partial charge in [-0.2, -0.15) is 0 Å². The van der Waals surface area contributed by atoms with Gasteiger partial charge in [-0.1, -0.05) is 12.1 Å². The molecule has 1 fully saturated rings. The van der Waals surface area contributed by atoms with Gasteiger partial charge in [0.25, 0.3) is 0 Å². The molecule has 1 aliphatic carbocycles. The fraction of sp³-hybridized carbons (Fsp3) is 0.458. The Morgan fingerprint density at radius 2 is 1.93 bits per heavy atom. The Labute approximate surface area is 177 Å². The average molecular weight is 414 g/mol. The number of halogens is 1. The third kappa shape index (κ3) is 4.29. The summed E-state index contributed by atoms with van der Waals surface area (Å²) in [6.07, 6.45) is 2.84. The highest BCUT2D eigenvalue weighted by atomic mass is 19.1. The van der Waals surface area contributed by atoms with Crippen molar-refractivity contribution in [2.45, 2.75) is 44.8 Å². The molecule has 3 atom stereocenters. The first-order chi connectivity index (χ1) is 14.5. The predicted molar refractivity (Wildman–Crippen MR) is 112 cm³/mol. The summed E-state index contributed by atoms with van der Waals surface area (Å²) in [5.74, 6) is 1.49. The third-order valence-corrected chi connectivity index (χ3v) is 6.27. The zero-order chi connectivity index (χ0) is 21.3. The van der Waals surface area contributed by atoms with Crippen LogP contribution in [-0.2, 0) is 17.8 Å². The number of nitrogens with one attached hydrogen (secondary N) is 2. The lowest BCUT2D eigenvalue weighted by Gasteiger charge is -2.38. The smallest absolute Gasteiger partial charge is 0.223 e. The largest absolute Gasteiger partial charge is 0.493 e. The number of benzene rings is 2. The molecule has 2 aromatic carbocycles. The number of hydrogen-bond acceptors (Lipinski definition) is 3. The van der Waals surface area contributed by atoms with E-state index in [1.165, 1.54) is 16.5 Å². The summed E-state index contributed by atoms with van der Waals surface area (Å²) in [5, 5.41) is 3.24. The van der Waals surface area contributed by atoms with Crippen LogP contribution in [0.3, 0.4) is 0 Å². The van der Waals surface area contributed by atoms with Crippen LogP contribution in [0.4, 0.5) is 4.39 Å². The Kier molecular flexibility index (Phi) is 5.95. The number of methoxy groups -OCH3 is 2. The van der Waals surface area contributed by atoms with Crippen LogP contribution in [0, 0.1) is 11.7 Å². The molecule has 1 aliphatic heterocycles. The predicted octanol–water partition coefficient (Wildman–Crippen LogP) is 2.44. The van der Waals surface area contributed by atoms with Crippen molar-refractivity contribution in [1.82, 2.24) is 5.32 Å². The summed E-state index contributed by atoms with van der Waals surface area (Å²) in [7, 11) is 3.28. The van der Waals surface area contributed by atoms with E-state index in [1.54, 1.807) is 26.4 Å². The minimum Gasteiger partial charge on any atom is -0.493 e. The molecule has 160 valence electrons. The Hall–Kier alpha value is -2.60. The summed E-state index contributed by atoms with van der Waals surface area (Å²) in [5.41, 5.74) is 3.33. The zero-order valence-corrected chi connectivity index (χ0v) is 17.8. The van der Waals surface area contributed by atoms with Crippen molar-refractivity contribution in [2.75, 3.05) is 20.8 Å². The SMILES string of the molecule is COc1cc2c(cc1OC)[C@H]([C@H](C)NC(=O)C1CC1)[NH+](Cc1cccc(F)c1)CC2. The Bertz CT molecular complexity index is 929. The van der Waals surface area contributed by atoms with Crippen molar-refractivity contribution < 1.29 is 23.6 Å². The van der Waals surface area contributed by atoms with Crippen LogP contribution in [0.15, 0.2) is 36.4 Å². The van der Waals surface area contributed by atoms with Gasteiger partial charge < -0.3 is 19.7 Å². The number of carbonyl (C=O) groups excluding carboxylic acids is 1. The lowest BCUT2D eigenvalue weighted by Crippen LogP contribution is -3.13. The summed E-state index contributed by atoms with van der Waals surface area (Å²) in [6, 6.07) is 10.9. The van der Waals surface area contributed by atoms with Crippen LogP contribution in [0.25, 0.3) is 0 Å². The maximum atomic E-state index is 13.8. The minimum atomic E-state index is -0.220. The van der Waals surface area contributed by atoms with Crippen molar-refractivity contribution in [3.8, 4) is 11.5 Å². The first-order valence-electron chi connectivity index (χ1n) is 10.6. The number of ether oxygens (including phenoxy) is 2. The first kappa shape index (κ1) is 20.7. The van der Waals surface area contributed by atoms with Crippen molar-refractivity contribution in [1.29, 1.82) is 0 Å². The van der Waals surface area contributed by atoms with Crippen LogP contribution in [0.1, 0.15) is 42.5 Å². The summed E-state index contributed by atoms with van der Waals surface area (Å²) >= 11 is 0. The second-order valence-corrected chi connectivity index (χ2v) is 8.42. The van der Waals surface area contributed by atoms with E-state index in [2.05, 4.69) is 18.3 Å². The van der Waals surface area contributed by atoms with Gasteiger partial charge in [0.15, 0.2) is 11.5 Å². The molecular weight excluding hydrogens is 383 g/mol. The quantitative estimate of drug-likeness (QED) is 0.733.